The van der Waals surface area contributed by atoms with E-state index in [1.807, 2.05) is 6.92 Å². The Morgan fingerprint density at radius 2 is 2.00 bits per heavy atom. The van der Waals surface area contributed by atoms with Crippen molar-refractivity contribution in [3.63, 3.8) is 0 Å². The molecule has 3 heterocycles. The Morgan fingerprint density at radius 1 is 1.19 bits per heavy atom. The Kier molecular flexibility index (Phi) is 3.77. The molecule has 1 aromatic carbocycles. The van der Waals surface area contributed by atoms with Crippen LogP contribution in [-0.4, -0.2) is 24.5 Å². The van der Waals surface area contributed by atoms with Crippen molar-refractivity contribution in [2.24, 2.45) is 7.05 Å². The fourth-order valence-electron chi connectivity index (χ4n) is 2.87. The number of benzene rings is 1. The number of fused-ring (bicyclic) bond motifs is 2. The second-order valence-electron chi connectivity index (χ2n) is 6.07. The summed E-state index contributed by atoms with van der Waals surface area (Å²) in [6, 6.07) is 6.73. The average Bonchev–Trinajstić information content (AvgIpc) is 2.89. The predicted octanol–water partition coefficient (Wildman–Crippen LogP) is 2.32. The molecule has 8 nitrogen and oxygen atoms in total. The molecule has 9 heteroatoms. The zero-order valence-corrected chi connectivity index (χ0v) is 14.8. The number of aromatic nitrogens is 5. The molecule has 0 amide bonds. The summed E-state index contributed by atoms with van der Waals surface area (Å²) in [7, 11) is 1.62. The molecule has 26 heavy (non-hydrogen) atoms. The van der Waals surface area contributed by atoms with Gasteiger partial charge < -0.3 is 15.3 Å². The number of anilines is 1. The second-order valence-corrected chi connectivity index (χ2v) is 6.51. The lowest BCUT2D eigenvalue weighted by Crippen LogP contribution is -2.20. The van der Waals surface area contributed by atoms with Crippen LogP contribution in [0.5, 0.6) is 0 Å². The van der Waals surface area contributed by atoms with E-state index in [4.69, 9.17) is 11.6 Å². The second kappa shape index (κ2) is 5.99. The number of aryl methyl sites for hydroxylation is 1. The predicted molar refractivity (Wildman–Crippen MR) is 101 cm³/mol. The third-order valence-electron chi connectivity index (χ3n) is 4.28. The Bertz CT molecular complexity index is 1260. The number of hydrogen-bond donors (Lipinski definition) is 3. The first kappa shape index (κ1) is 16.3. The minimum absolute atomic E-state index is 0.199. The maximum Gasteiger partial charge on any atom is 0.327 e. The molecule has 0 aliphatic carbocycles. The fourth-order valence-corrected chi connectivity index (χ4v) is 3.05. The number of halogens is 1. The molecule has 0 bridgehead atoms. The molecule has 1 unspecified atom stereocenters. The molecule has 132 valence electrons. The maximum atomic E-state index is 12.4. The molecule has 0 aliphatic rings. The number of hydrogen-bond acceptors (Lipinski definition) is 5. The van der Waals surface area contributed by atoms with E-state index in [1.54, 1.807) is 31.3 Å². The third-order valence-corrected chi connectivity index (χ3v) is 4.51. The first-order chi connectivity index (χ1) is 12.4. The van der Waals surface area contributed by atoms with E-state index in [9.17, 15) is 9.59 Å². The minimum Gasteiger partial charge on any atom is -0.347 e. The van der Waals surface area contributed by atoms with Crippen LogP contribution in [0.4, 0.5) is 5.95 Å². The number of nitrogens with zero attached hydrogens (tertiary/aromatic N) is 3. The van der Waals surface area contributed by atoms with Crippen molar-refractivity contribution in [3.05, 3.63) is 61.9 Å². The van der Waals surface area contributed by atoms with Crippen molar-refractivity contribution in [2.75, 3.05) is 5.32 Å². The van der Waals surface area contributed by atoms with Gasteiger partial charge in [-0.05, 0) is 31.2 Å². The maximum absolute atomic E-state index is 12.4. The molecule has 0 fully saturated rings. The normalized spacial score (nSPS) is 12.6. The summed E-state index contributed by atoms with van der Waals surface area (Å²) >= 11 is 6.03. The Balaban J connectivity index is 1.71. The summed E-state index contributed by atoms with van der Waals surface area (Å²) in [5.74, 6) is 0.324. The zero-order chi connectivity index (χ0) is 18.4. The minimum atomic E-state index is -0.351. The van der Waals surface area contributed by atoms with Crippen LogP contribution in [0, 0.1) is 0 Å². The molecule has 0 spiro atoms. The van der Waals surface area contributed by atoms with Crippen molar-refractivity contribution < 1.29 is 0 Å². The molecule has 4 aromatic rings. The standard InChI is InChI=1S/C17H15ClN6O2/c1-8(11-6-9-5-10(18)3-4-12(9)21-15(11)25)20-16-19-7-13-14(23-16)24(2)17(26)22-13/h3-8H,1-2H3,(H,21,25)(H,22,26)(H,19,20,23). The van der Waals surface area contributed by atoms with E-state index in [1.165, 1.54) is 10.8 Å². The molecule has 0 radical (unpaired) electrons. The van der Waals surface area contributed by atoms with Gasteiger partial charge in [0.15, 0.2) is 5.65 Å². The van der Waals surface area contributed by atoms with Crippen LogP contribution in [0.15, 0.2) is 40.1 Å². The molecule has 0 saturated carbocycles. The van der Waals surface area contributed by atoms with Gasteiger partial charge in [-0.15, -0.1) is 0 Å². The van der Waals surface area contributed by atoms with Crippen molar-refractivity contribution >= 4 is 39.6 Å². The van der Waals surface area contributed by atoms with Gasteiger partial charge in [-0.2, -0.15) is 4.98 Å². The van der Waals surface area contributed by atoms with Crippen LogP contribution >= 0.6 is 11.6 Å². The van der Waals surface area contributed by atoms with E-state index >= 15 is 0 Å². The molecule has 3 aromatic heterocycles. The lowest BCUT2D eigenvalue weighted by atomic mass is 10.1. The van der Waals surface area contributed by atoms with Crippen molar-refractivity contribution in [1.82, 2.24) is 24.5 Å². The van der Waals surface area contributed by atoms with Crippen molar-refractivity contribution in [2.45, 2.75) is 13.0 Å². The Hall–Kier alpha value is -3.13. The Labute approximate surface area is 151 Å². The molecule has 3 N–H and O–H groups in total. The number of pyridine rings is 1. The first-order valence-electron chi connectivity index (χ1n) is 7.93. The molecular weight excluding hydrogens is 356 g/mol. The van der Waals surface area contributed by atoms with E-state index in [0.717, 1.165) is 10.9 Å². The summed E-state index contributed by atoms with van der Waals surface area (Å²) in [6.07, 6.45) is 1.53. The summed E-state index contributed by atoms with van der Waals surface area (Å²) < 4.78 is 1.40. The Morgan fingerprint density at radius 3 is 2.81 bits per heavy atom. The molecule has 0 saturated heterocycles. The van der Waals surface area contributed by atoms with Gasteiger partial charge in [0.2, 0.25) is 5.95 Å². The largest absolute Gasteiger partial charge is 0.347 e. The highest BCUT2D eigenvalue weighted by molar-refractivity contribution is 6.31. The summed E-state index contributed by atoms with van der Waals surface area (Å²) in [5, 5.41) is 4.54. The number of H-pyrrole nitrogens is 2. The van der Waals surface area contributed by atoms with Gasteiger partial charge in [0.1, 0.15) is 5.52 Å². The van der Waals surface area contributed by atoms with E-state index in [2.05, 4.69) is 25.3 Å². The van der Waals surface area contributed by atoms with Crippen LogP contribution in [-0.2, 0) is 7.05 Å². The number of aromatic amines is 2. The lowest BCUT2D eigenvalue weighted by Gasteiger charge is -2.14. The molecule has 1 atom stereocenters. The number of rotatable bonds is 3. The number of nitrogens with one attached hydrogen (secondary N) is 3. The third kappa shape index (κ3) is 2.74. The smallest absolute Gasteiger partial charge is 0.327 e. The van der Waals surface area contributed by atoms with Gasteiger partial charge in [0, 0.05) is 28.5 Å². The highest BCUT2D eigenvalue weighted by Gasteiger charge is 2.14. The van der Waals surface area contributed by atoms with E-state index in [-0.39, 0.29) is 17.3 Å². The van der Waals surface area contributed by atoms with Crippen LogP contribution < -0.4 is 16.6 Å². The SMILES string of the molecule is CC(Nc1ncc2[nH]c(=O)n(C)c2n1)c1cc2cc(Cl)ccc2[nH]c1=O. The summed E-state index contributed by atoms with van der Waals surface area (Å²) in [5.41, 5.74) is 1.83. The van der Waals surface area contributed by atoms with Crippen molar-refractivity contribution in [3.8, 4) is 0 Å². The summed E-state index contributed by atoms with van der Waals surface area (Å²) in [6.45, 7) is 1.84. The van der Waals surface area contributed by atoms with Gasteiger partial charge in [-0.3, -0.25) is 9.36 Å². The highest BCUT2D eigenvalue weighted by atomic mass is 35.5. The molecular formula is C17H15ClN6O2. The number of imidazole rings is 1. The fraction of sp³-hybridized carbons (Fsp3) is 0.176. The van der Waals surface area contributed by atoms with E-state index in [0.29, 0.717) is 27.7 Å². The van der Waals surface area contributed by atoms with Crippen molar-refractivity contribution in [1.29, 1.82) is 0 Å². The van der Waals surface area contributed by atoms with Crippen LogP contribution in [0.2, 0.25) is 5.02 Å². The van der Waals surface area contributed by atoms with Crippen LogP contribution in [0.3, 0.4) is 0 Å². The van der Waals surface area contributed by atoms with E-state index < -0.39 is 0 Å². The van der Waals surface area contributed by atoms with Gasteiger partial charge in [-0.1, -0.05) is 11.6 Å². The van der Waals surface area contributed by atoms with Gasteiger partial charge >= 0.3 is 5.69 Å². The average molecular weight is 371 g/mol. The first-order valence-corrected chi connectivity index (χ1v) is 8.31. The topological polar surface area (TPSA) is 108 Å². The van der Waals surface area contributed by atoms with Crippen LogP contribution in [0.25, 0.3) is 22.1 Å². The molecule has 0 aliphatic heterocycles. The van der Waals surface area contributed by atoms with Gasteiger partial charge in [0.25, 0.3) is 5.56 Å². The monoisotopic (exact) mass is 370 g/mol. The zero-order valence-electron chi connectivity index (χ0n) is 14.0. The lowest BCUT2D eigenvalue weighted by molar-refractivity contribution is 0.840. The van der Waals surface area contributed by atoms with Gasteiger partial charge in [-0.25, -0.2) is 9.78 Å². The van der Waals surface area contributed by atoms with Crippen LogP contribution in [0.1, 0.15) is 18.5 Å². The van der Waals surface area contributed by atoms with Gasteiger partial charge in [0.05, 0.1) is 12.2 Å². The molecule has 4 rings (SSSR count). The highest BCUT2D eigenvalue weighted by Crippen LogP contribution is 2.21. The summed E-state index contributed by atoms with van der Waals surface area (Å²) in [4.78, 5) is 38.1. The quantitative estimate of drug-likeness (QED) is 0.513.